The molecule has 1 heterocycles. The standard InChI is InChI=1S/C15H29N3/c1-7-16-14(9-8-11(2)3)10-15-12(4)17-18(6)13(15)5/h11,14,16H,7-10H2,1-6H3. The molecule has 1 atom stereocenters. The fourth-order valence-electron chi connectivity index (χ4n) is 2.46. The van der Waals surface area contributed by atoms with Crippen LogP contribution in [0, 0.1) is 19.8 Å². The first-order chi connectivity index (χ1) is 8.45. The Morgan fingerprint density at radius 3 is 2.33 bits per heavy atom. The number of aromatic nitrogens is 2. The van der Waals surface area contributed by atoms with Gasteiger partial charge in [-0.2, -0.15) is 5.10 Å². The Hall–Kier alpha value is -0.830. The fraction of sp³-hybridized carbons (Fsp3) is 0.800. The topological polar surface area (TPSA) is 29.9 Å². The van der Waals surface area contributed by atoms with Crippen LogP contribution in [0.25, 0.3) is 0 Å². The number of aryl methyl sites for hydroxylation is 2. The van der Waals surface area contributed by atoms with Crippen molar-refractivity contribution in [2.45, 2.75) is 59.9 Å². The summed E-state index contributed by atoms with van der Waals surface area (Å²) in [4.78, 5) is 0. The van der Waals surface area contributed by atoms with Crippen LogP contribution in [0.2, 0.25) is 0 Å². The first-order valence-electron chi connectivity index (χ1n) is 7.18. The fourth-order valence-corrected chi connectivity index (χ4v) is 2.46. The quantitative estimate of drug-likeness (QED) is 0.807. The third-order valence-corrected chi connectivity index (χ3v) is 3.69. The largest absolute Gasteiger partial charge is 0.314 e. The molecule has 1 unspecified atom stereocenters. The van der Waals surface area contributed by atoms with Crippen LogP contribution >= 0.6 is 0 Å². The van der Waals surface area contributed by atoms with Crippen molar-refractivity contribution in [2.75, 3.05) is 6.54 Å². The molecule has 3 heteroatoms. The van der Waals surface area contributed by atoms with Crippen molar-refractivity contribution in [2.24, 2.45) is 13.0 Å². The van der Waals surface area contributed by atoms with Crippen LogP contribution in [0.1, 0.15) is 50.6 Å². The van der Waals surface area contributed by atoms with E-state index in [-0.39, 0.29) is 0 Å². The van der Waals surface area contributed by atoms with Gasteiger partial charge in [-0.3, -0.25) is 4.68 Å². The van der Waals surface area contributed by atoms with E-state index < -0.39 is 0 Å². The van der Waals surface area contributed by atoms with Crippen molar-refractivity contribution in [3.8, 4) is 0 Å². The van der Waals surface area contributed by atoms with Gasteiger partial charge < -0.3 is 5.32 Å². The highest BCUT2D eigenvalue weighted by Crippen LogP contribution is 2.17. The van der Waals surface area contributed by atoms with Gasteiger partial charge >= 0.3 is 0 Å². The first-order valence-corrected chi connectivity index (χ1v) is 7.18. The van der Waals surface area contributed by atoms with E-state index in [1.54, 1.807) is 0 Å². The van der Waals surface area contributed by atoms with Crippen molar-refractivity contribution in [1.82, 2.24) is 15.1 Å². The third kappa shape index (κ3) is 4.13. The lowest BCUT2D eigenvalue weighted by Crippen LogP contribution is -2.31. The van der Waals surface area contributed by atoms with E-state index in [1.807, 2.05) is 11.7 Å². The van der Waals surface area contributed by atoms with Gasteiger partial charge in [0, 0.05) is 18.8 Å². The smallest absolute Gasteiger partial charge is 0.0628 e. The van der Waals surface area contributed by atoms with Gasteiger partial charge in [-0.1, -0.05) is 20.8 Å². The van der Waals surface area contributed by atoms with Crippen molar-refractivity contribution >= 4 is 0 Å². The average molecular weight is 251 g/mol. The predicted molar refractivity (Wildman–Crippen MR) is 77.9 cm³/mol. The van der Waals surface area contributed by atoms with Gasteiger partial charge in [0.25, 0.3) is 0 Å². The van der Waals surface area contributed by atoms with Crippen molar-refractivity contribution in [3.05, 3.63) is 17.0 Å². The Kier molecular flexibility index (Phi) is 5.86. The van der Waals surface area contributed by atoms with Gasteiger partial charge in [-0.25, -0.2) is 0 Å². The van der Waals surface area contributed by atoms with E-state index in [0.29, 0.717) is 6.04 Å². The molecule has 0 aliphatic heterocycles. The Balaban J connectivity index is 2.70. The summed E-state index contributed by atoms with van der Waals surface area (Å²) in [6.07, 6.45) is 3.64. The maximum absolute atomic E-state index is 4.51. The number of rotatable bonds is 7. The Morgan fingerprint density at radius 2 is 1.89 bits per heavy atom. The lowest BCUT2D eigenvalue weighted by atomic mass is 9.97. The minimum Gasteiger partial charge on any atom is -0.314 e. The van der Waals surface area contributed by atoms with E-state index in [2.05, 4.69) is 45.0 Å². The maximum Gasteiger partial charge on any atom is 0.0628 e. The van der Waals surface area contributed by atoms with Crippen molar-refractivity contribution in [1.29, 1.82) is 0 Å². The number of likely N-dealkylation sites (N-methyl/N-ethyl adjacent to an activating group) is 1. The number of hydrogen-bond acceptors (Lipinski definition) is 2. The molecule has 18 heavy (non-hydrogen) atoms. The van der Waals surface area contributed by atoms with E-state index in [0.717, 1.165) is 18.9 Å². The zero-order chi connectivity index (χ0) is 13.7. The third-order valence-electron chi connectivity index (χ3n) is 3.69. The average Bonchev–Trinajstić information content (AvgIpc) is 2.53. The summed E-state index contributed by atoms with van der Waals surface area (Å²) in [5.41, 5.74) is 3.91. The minimum absolute atomic E-state index is 0.582. The van der Waals surface area contributed by atoms with Crippen LogP contribution < -0.4 is 5.32 Å². The molecule has 104 valence electrons. The summed E-state index contributed by atoms with van der Waals surface area (Å²) in [5.74, 6) is 0.780. The Morgan fingerprint density at radius 1 is 1.22 bits per heavy atom. The second kappa shape index (κ2) is 6.93. The van der Waals surface area contributed by atoms with Crippen molar-refractivity contribution < 1.29 is 0 Å². The molecule has 1 aromatic rings. The first kappa shape index (κ1) is 15.2. The second-order valence-corrected chi connectivity index (χ2v) is 5.70. The van der Waals surface area contributed by atoms with Gasteiger partial charge in [0.05, 0.1) is 5.69 Å². The lowest BCUT2D eigenvalue weighted by molar-refractivity contribution is 0.433. The highest BCUT2D eigenvalue weighted by Gasteiger charge is 2.15. The number of nitrogens with one attached hydrogen (secondary N) is 1. The summed E-state index contributed by atoms with van der Waals surface area (Å²) in [6, 6.07) is 0.582. The van der Waals surface area contributed by atoms with Gasteiger partial charge in [0.1, 0.15) is 0 Å². The Bertz CT molecular complexity index is 366. The molecule has 1 aromatic heterocycles. The van der Waals surface area contributed by atoms with Crippen LogP contribution in [-0.4, -0.2) is 22.4 Å². The zero-order valence-electron chi connectivity index (χ0n) is 12.9. The molecule has 1 N–H and O–H groups in total. The SMILES string of the molecule is CCNC(CCC(C)C)Cc1c(C)nn(C)c1C. The summed E-state index contributed by atoms with van der Waals surface area (Å²) in [7, 11) is 2.03. The molecular weight excluding hydrogens is 222 g/mol. The van der Waals surface area contributed by atoms with Gasteiger partial charge in [0.2, 0.25) is 0 Å². The molecule has 0 aromatic carbocycles. The lowest BCUT2D eigenvalue weighted by Gasteiger charge is -2.19. The molecule has 0 saturated carbocycles. The minimum atomic E-state index is 0.582. The molecule has 0 fully saturated rings. The predicted octanol–water partition coefficient (Wildman–Crippen LogP) is 2.99. The molecule has 0 aliphatic carbocycles. The Labute approximate surface area is 112 Å². The van der Waals surface area contributed by atoms with Crippen LogP contribution in [0.3, 0.4) is 0 Å². The summed E-state index contributed by atoms with van der Waals surface area (Å²) < 4.78 is 2.00. The van der Waals surface area contributed by atoms with Gasteiger partial charge in [0.15, 0.2) is 0 Å². The molecule has 0 amide bonds. The number of nitrogens with zero attached hydrogens (tertiary/aromatic N) is 2. The van der Waals surface area contributed by atoms with Gasteiger partial charge in [-0.05, 0) is 51.1 Å². The second-order valence-electron chi connectivity index (χ2n) is 5.70. The van der Waals surface area contributed by atoms with E-state index in [4.69, 9.17) is 0 Å². The molecular formula is C15H29N3. The van der Waals surface area contributed by atoms with E-state index in [1.165, 1.54) is 29.8 Å². The molecule has 0 spiro atoms. The summed E-state index contributed by atoms with van der Waals surface area (Å²) in [6.45, 7) is 12.1. The van der Waals surface area contributed by atoms with Gasteiger partial charge in [-0.15, -0.1) is 0 Å². The van der Waals surface area contributed by atoms with Crippen LogP contribution in [0.15, 0.2) is 0 Å². The maximum atomic E-state index is 4.51. The van der Waals surface area contributed by atoms with E-state index in [9.17, 15) is 0 Å². The highest BCUT2D eigenvalue weighted by atomic mass is 15.3. The molecule has 1 rings (SSSR count). The summed E-state index contributed by atoms with van der Waals surface area (Å²) >= 11 is 0. The van der Waals surface area contributed by atoms with Crippen molar-refractivity contribution in [3.63, 3.8) is 0 Å². The number of hydrogen-bond donors (Lipinski definition) is 1. The normalized spacial score (nSPS) is 13.3. The zero-order valence-corrected chi connectivity index (χ0v) is 12.9. The van der Waals surface area contributed by atoms with Crippen LogP contribution in [-0.2, 0) is 13.5 Å². The van der Waals surface area contributed by atoms with Crippen LogP contribution in [0.5, 0.6) is 0 Å². The monoisotopic (exact) mass is 251 g/mol. The molecule has 0 saturated heterocycles. The highest BCUT2D eigenvalue weighted by molar-refractivity contribution is 5.25. The molecule has 0 bridgehead atoms. The molecule has 0 radical (unpaired) electrons. The molecule has 3 nitrogen and oxygen atoms in total. The summed E-state index contributed by atoms with van der Waals surface area (Å²) in [5, 5.41) is 8.12. The van der Waals surface area contributed by atoms with E-state index >= 15 is 0 Å². The van der Waals surface area contributed by atoms with Crippen LogP contribution in [0.4, 0.5) is 0 Å². The molecule has 0 aliphatic rings.